The second-order valence-corrected chi connectivity index (χ2v) is 7.32. The van der Waals surface area contributed by atoms with Gasteiger partial charge in [0.2, 0.25) is 16.8 Å². The van der Waals surface area contributed by atoms with Crippen LogP contribution >= 0.6 is 0 Å². The normalized spacial score (nSPS) is 22.5. The summed E-state index contributed by atoms with van der Waals surface area (Å²) in [5.74, 6) is 1.48. The van der Waals surface area contributed by atoms with E-state index in [0.29, 0.717) is 17.9 Å². The summed E-state index contributed by atoms with van der Waals surface area (Å²) in [5.41, 5.74) is 1.06. The molecule has 0 spiro atoms. The molecule has 0 amide bonds. The van der Waals surface area contributed by atoms with Gasteiger partial charge in [-0.3, -0.25) is 0 Å². The molecule has 2 heterocycles. The van der Waals surface area contributed by atoms with E-state index in [2.05, 4.69) is 0 Å². The van der Waals surface area contributed by atoms with Crippen molar-refractivity contribution in [3.8, 4) is 11.5 Å². The van der Waals surface area contributed by atoms with Crippen LogP contribution in [0.1, 0.15) is 5.56 Å². The Morgan fingerprint density at radius 1 is 1.05 bits per heavy atom. The number of rotatable bonds is 4. The maximum absolute atomic E-state index is 12.5. The Kier molecular flexibility index (Phi) is 3.09. The molecule has 0 radical (unpaired) electrons. The summed E-state index contributed by atoms with van der Waals surface area (Å²) in [6, 6.07) is 14.3. The van der Waals surface area contributed by atoms with Gasteiger partial charge in [0.1, 0.15) is 0 Å². The molecule has 2 aliphatic heterocycles. The van der Waals surface area contributed by atoms with Crippen molar-refractivity contribution in [3.63, 3.8) is 0 Å². The molecule has 22 heavy (non-hydrogen) atoms. The van der Waals surface area contributed by atoms with Gasteiger partial charge in [-0.2, -0.15) is 4.31 Å². The molecule has 0 bridgehead atoms. The highest BCUT2D eigenvalue weighted by atomic mass is 32.2. The van der Waals surface area contributed by atoms with Crippen molar-refractivity contribution in [1.82, 2.24) is 4.31 Å². The highest BCUT2D eigenvalue weighted by molar-refractivity contribution is 7.89. The Hall–Kier alpha value is -2.05. The summed E-state index contributed by atoms with van der Waals surface area (Å²) in [4.78, 5) is 0.350. The Balaban J connectivity index is 1.49. The minimum absolute atomic E-state index is 0.0191. The minimum atomic E-state index is -3.37. The lowest BCUT2D eigenvalue weighted by molar-refractivity contribution is 0.174. The Bertz CT molecular complexity index is 804. The number of benzene rings is 2. The maximum atomic E-state index is 12.5. The van der Waals surface area contributed by atoms with Crippen molar-refractivity contribution in [2.24, 2.45) is 0 Å². The first-order valence-electron chi connectivity index (χ1n) is 7.10. The predicted molar refractivity (Wildman–Crippen MR) is 80.4 cm³/mol. The second-order valence-electron chi connectivity index (χ2n) is 5.43. The van der Waals surface area contributed by atoms with Gasteiger partial charge in [-0.05, 0) is 36.2 Å². The Morgan fingerprint density at radius 2 is 1.82 bits per heavy atom. The number of nitrogens with zero attached hydrogens (tertiary/aromatic N) is 1. The maximum Gasteiger partial charge on any atom is 0.243 e. The topological polar surface area (TPSA) is 55.6 Å². The van der Waals surface area contributed by atoms with Gasteiger partial charge in [-0.15, -0.1) is 0 Å². The SMILES string of the molecule is O=S(=O)(c1ccccc1)N1CC1Cc1ccc2c(c1)OCO2. The number of fused-ring (bicyclic) bond motifs is 1. The van der Waals surface area contributed by atoms with E-state index < -0.39 is 10.0 Å². The molecule has 4 rings (SSSR count). The highest BCUT2D eigenvalue weighted by Crippen LogP contribution is 2.35. The van der Waals surface area contributed by atoms with Crippen molar-refractivity contribution in [2.75, 3.05) is 13.3 Å². The molecule has 2 aromatic carbocycles. The zero-order valence-electron chi connectivity index (χ0n) is 11.8. The minimum Gasteiger partial charge on any atom is -0.454 e. The average molecular weight is 317 g/mol. The monoisotopic (exact) mass is 317 g/mol. The third kappa shape index (κ3) is 2.34. The van der Waals surface area contributed by atoms with Crippen molar-refractivity contribution < 1.29 is 17.9 Å². The first-order chi connectivity index (χ1) is 10.6. The molecule has 2 atom stereocenters. The van der Waals surface area contributed by atoms with Crippen molar-refractivity contribution in [2.45, 2.75) is 17.4 Å². The lowest BCUT2D eigenvalue weighted by atomic mass is 10.1. The van der Waals surface area contributed by atoms with Crippen LogP contribution in [0, 0.1) is 0 Å². The number of sulfonamides is 1. The van der Waals surface area contributed by atoms with E-state index in [-0.39, 0.29) is 12.8 Å². The van der Waals surface area contributed by atoms with Crippen LogP contribution in [-0.2, 0) is 16.4 Å². The van der Waals surface area contributed by atoms with Crippen LogP contribution in [0.4, 0.5) is 0 Å². The van der Waals surface area contributed by atoms with Crippen LogP contribution in [0.3, 0.4) is 0 Å². The van der Waals surface area contributed by atoms with Crippen LogP contribution in [0.5, 0.6) is 11.5 Å². The molecule has 2 aliphatic rings. The van der Waals surface area contributed by atoms with Crippen LogP contribution in [0.2, 0.25) is 0 Å². The first kappa shape index (κ1) is 13.6. The third-order valence-electron chi connectivity index (χ3n) is 3.92. The van der Waals surface area contributed by atoms with E-state index in [0.717, 1.165) is 17.1 Å². The zero-order valence-corrected chi connectivity index (χ0v) is 12.6. The van der Waals surface area contributed by atoms with Gasteiger partial charge >= 0.3 is 0 Å². The molecular weight excluding hydrogens is 302 g/mol. The average Bonchev–Trinajstić information content (AvgIpc) is 3.15. The smallest absolute Gasteiger partial charge is 0.243 e. The second kappa shape index (κ2) is 5.00. The van der Waals surface area contributed by atoms with Crippen molar-refractivity contribution in [3.05, 3.63) is 54.1 Å². The quantitative estimate of drug-likeness (QED) is 0.810. The number of hydrogen-bond donors (Lipinski definition) is 0. The van der Waals surface area contributed by atoms with Crippen molar-refractivity contribution >= 4 is 10.0 Å². The molecule has 0 N–H and O–H groups in total. The lowest BCUT2D eigenvalue weighted by Gasteiger charge is -2.06. The van der Waals surface area contributed by atoms with Gasteiger partial charge in [0.15, 0.2) is 11.5 Å². The van der Waals surface area contributed by atoms with E-state index in [1.54, 1.807) is 24.3 Å². The van der Waals surface area contributed by atoms with Gasteiger partial charge in [0.05, 0.1) is 4.90 Å². The molecule has 0 saturated carbocycles. The van der Waals surface area contributed by atoms with Gasteiger partial charge in [0.25, 0.3) is 0 Å². The molecule has 1 fully saturated rings. The highest BCUT2D eigenvalue weighted by Gasteiger charge is 2.44. The Labute approximate surface area is 129 Å². The van der Waals surface area contributed by atoms with Crippen LogP contribution < -0.4 is 9.47 Å². The summed E-state index contributed by atoms with van der Waals surface area (Å²) in [7, 11) is -3.37. The van der Waals surface area contributed by atoms with Gasteiger partial charge in [-0.1, -0.05) is 24.3 Å². The molecule has 114 valence electrons. The summed E-state index contributed by atoms with van der Waals surface area (Å²) >= 11 is 0. The summed E-state index contributed by atoms with van der Waals surface area (Å²) in [6.07, 6.45) is 0.683. The van der Waals surface area contributed by atoms with Crippen LogP contribution in [0.15, 0.2) is 53.4 Å². The van der Waals surface area contributed by atoms with Crippen molar-refractivity contribution in [1.29, 1.82) is 0 Å². The fourth-order valence-electron chi connectivity index (χ4n) is 2.69. The Morgan fingerprint density at radius 3 is 2.64 bits per heavy atom. The van der Waals surface area contributed by atoms with Crippen LogP contribution in [0.25, 0.3) is 0 Å². The van der Waals surface area contributed by atoms with E-state index in [1.165, 1.54) is 4.31 Å². The number of ether oxygens (including phenoxy) is 2. The summed E-state index contributed by atoms with van der Waals surface area (Å²) in [6.45, 7) is 0.808. The summed E-state index contributed by atoms with van der Waals surface area (Å²) < 4.78 is 37.1. The largest absolute Gasteiger partial charge is 0.454 e. The van der Waals surface area contributed by atoms with E-state index in [9.17, 15) is 8.42 Å². The summed E-state index contributed by atoms with van der Waals surface area (Å²) in [5, 5.41) is 0. The fourth-order valence-corrected chi connectivity index (χ4v) is 4.30. The van der Waals surface area contributed by atoms with Gasteiger partial charge in [0, 0.05) is 12.6 Å². The van der Waals surface area contributed by atoms with E-state index >= 15 is 0 Å². The number of hydrogen-bond acceptors (Lipinski definition) is 4. The molecule has 2 aromatic rings. The fraction of sp³-hybridized carbons (Fsp3) is 0.250. The molecule has 5 nitrogen and oxygen atoms in total. The standard InChI is InChI=1S/C16H15NO4S/c18-22(19,14-4-2-1-3-5-14)17-10-13(17)8-12-6-7-15-16(9-12)21-11-20-15/h1-7,9,13H,8,10-11H2. The molecule has 2 unspecified atom stereocenters. The third-order valence-corrected chi connectivity index (χ3v) is 5.86. The zero-order chi connectivity index (χ0) is 15.2. The molecule has 6 heteroatoms. The van der Waals surface area contributed by atoms with Gasteiger partial charge in [-0.25, -0.2) is 8.42 Å². The van der Waals surface area contributed by atoms with E-state index in [4.69, 9.17) is 9.47 Å². The molecular formula is C16H15NO4S. The first-order valence-corrected chi connectivity index (χ1v) is 8.54. The molecule has 0 aliphatic carbocycles. The lowest BCUT2D eigenvalue weighted by Crippen LogP contribution is -2.15. The molecule has 0 aromatic heterocycles. The predicted octanol–water partition coefficient (Wildman–Crippen LogP) is 2.03. The molecule has 1 saturated heterocycles. The van der Waals surface area contributed by atoms with Crippen LogP contribution in [-0.4, -0.2) is 32.1 Å². The van der Waals surface area contributed by atoms with Gasteiger partial charge < -0.3 is 9.47 Å². The van der Waals surface area contributed by atoms with E-state index in [1.807, 2.05) is 24.3 Å².